The third-order valence-electron chi connectivity index (χ3n) is 7.12. The first kappa shape index (κ1) is 28.6. The van der Waals surface area contributed by atoms with E-state index in [9.17, 15) is 18.8 Å². The Labute approximate surface area is 231 Å². The fraction of sp³-hybridized carbons (Fsp3) is 0.345. The van der Waals surface area contributed by atoms with Crippen LogP contribution in [0.3, 0.4) is 0 Å². The third-order valence-corrected chi connectivity index (χ3v) is 7.12. The number of urea groups is 1. The van der Waals surface area contributed by atoms with Crippen LogP contribution in [0.15, 0.2) is 52.0 Å². The number of halogens is 2. The van der Waals surface area contributed by atoms with E-state index < -0.39 is 41.4 Å². The molecule has 0 bridgehead atoms. The normalized spacial score (nSPS) is 16.8. The van der Waals surface area contributed by atoms with E-state index in [1.807, 2.05) is 6.92 Å². The molecule has 210 valence electrons. The minimum atomic E-state index is -1.27. The fourth-order valence-corrected chi connectivity index (χ4v) is 5.08. The number of aryl methyl sites for hydroxylation is 2. The Balaban J connectivity index is 1.53. The number of hydrogen-bond donors (Lipinski definition) is 0. The largest absolute Gasteiger partial charge is 0.359 e. The second-order valence-corrected chi connectivity index (χ2v) is 9.83. The quantitative estimate of drug-likeness (QED) is 0.349. The molecular weight excluding hydrogens is 520 g/mol. The summed E-state index contributed by atoms with van der Waals surface area (Å²) < 4.78 is 33.9. The number of carbonyl (C=O) groups excluding carboxylic acids is 3. The number of anilines is 2. The van der Waals surface area contributed by atoms with Crippen molar-refractivity contribution >= 4 is 34.9 Å². The van der Waals surface area contributed by atoms with Crippen LogP contribution in [0.5, 0.6) is 0 Å². The highest BCUT2D eigenvalue weighted by molar-refractivity contribution is 6.12. The van der Waals surface area contributed by atoms with Gasteiger partial charge in [0.1, 0.15) is 28.9 Å². The van der Waals surface area contributed by atoms with Crippen molar-refractivity contribution in [3.63, 3.8) is 0 Å². The summed E-state index contributed by atoms with van der Waals surface area (Å²) in [4.78, 5) is 48.3. The lowest BCUT2D eigenvalue weighted by molar-refractivity contribution is -0.131. The third kappa shape index (κ3) is 4.99. The minimum Gasteiger partial charge on any atom is -0.359 e. The predicted molar refractivity (Wildman–Crippen MR) is 147 cm³/mol. The van der Waals surface area contributed by atoms with E-state index in [4.69, 9.17) is 4.52 Å². The fourth-order valence-electron chi connectivity index (χ4n) is 5.08. The molecule has 9 nitrogen and oxygen atoms in total. The number of amides is 3. The van der Waals surface area contributed by atoms with Gasteiger partial charge in [-0.15, -0.1) is 0 Å². The Morgan fingerprint density at radius 3 is 2.27 bits per heavy atom. The highest BCUT2D eigenvalue weighted by Gasteiger charge is 2.48. The molecule has 0 radical (unpaired) electrons. The Morgan fingerprint density at radius 2 is 1.70 bits per heavy atom. The van der Waals surface area contributed by atoms with E-state index >= 15 is 4.39 Å². The summed E-state index contributed by atoms with van der Waals surface area (Å²) in [6.07, 6.45) is 0.987. The Morgan fingerprint density at radius 1 is 1.02 bits per heavy atom. The van der Waals surface area contributed by atoms with Crippen LogP contribution in [-0.4, -0.2) is 54.3 Å². The molecule has 0 saturated carbocycles. The van der Waals surface area contributed by atoms with Crippen LogP contribution in [0.25, 0.3) is 0 Å². The molecule has 1 aliphatic heterocycles. The van der Waals surface area contributed by atoms with Crippen LogP contribution in [0.2, 0.25) is 0 Å². The van der Waals surface area contributed by atoms with Crippen molar-refractivity contribution < 1.29 is 27.7 Å². The average Bonchev–Trinajstić information content (AvgIpc) is 3.38. The van der Waals surface area contributed by atoms with Gasteiger partial charge in [-0.1, -0.05) is 30.6 Å². The van der Waals surface area contributed by atoms with Crippen molar-refractivity contribution in [3.05, 3.63) is 76.7 Å². The molecule has 3 aromatic rings. The number of Topliss-reactive ketones (excluding diaryl/α,β-unsaturated/α-hetero) is 1. The van der Waals surface area contributed by atoms with Gasteiger partial charge in [0, 0.05) is 19.8 Å². The standard InChI is InChI=1S/C29H31F2N5O4/c1-7-14-29(20-8-10-21(30)11-9-20)27(38)36(19(4)32-29)16-25(37)23-13-12-22(15-24(23)31)34(5)28(39)35(6)26-17(2)33-40-18(26)3/h8-13,15H,7,14,16H2,1-6H3. The molecule has 1 atom stereocenters. The summed E-state index contributed by atoms with van der Waals surface area (Å²) in [5.74, 6) is -1.53. The van der Waals surface area contributed by atoms with Gasteiger partial charge < -0.3 is 4.52 Å². The van der Waals surface area contributed by atoms with Crippen LogP contribution in [0.4, 0.5) is 25.0 Å². The lowest BCUT2D eigenvalue weighted by Crippen LogP contribution is -2.43. The van der Waals surface area contributed by atoms with Gasteiger partial charge in [-0.25, -0.2) is 13.6 Å². The summed E-state index contributed by atoms with van der Waals surface area (Å²) in [5.41, 5.74) is 0.304. The number of hydrogen-bond acceptors (Lipinski definition) is 6. The van der Waals surface area contributed by atoms with Crippen molar-refractivity contribution in [2.45, 2.75) is 46.1 Å². The van der Waals surface area contributed by atoms with Crippen molar-refractivity contribution in [2.24, 2.45) is 4.99 Å². The molecule has 2 heterocycles. The lowest BCUT2D eigenvalue weighted by Gasteiger charge is -2.26. The van der Waals surface area contributed by atoms with Gasteiger partial charge in [0.25, 0.3) is 5.91 Å². The summed E-state index contributed by atoms with van der Waals surface area (Å²) in [7, 11) is 3.04. The molecule has 1 unspecified atom stereocenters. The molecule has 4 rings (SSSR count). The van der Waals surface area contributed by atoms with Crippen molar-refractivity contribution in [1.29, 1.82) is 0 Å². The smallest absolute Gasteiger partial charge is 0.328 e. The number of aliphatic imine (C=N–C) groups is 1. The summed E-state index contributed by atoms with van der Waals surface area (Å²) in [5, 5.41) is 3.85. The first-order valence-corrected chi connectivity index (χ1v) is 12.8. The number of aromatic nitrogens is 1. The topological polar surface area (TPSA) is 99.3 Å². The van der Waals surface area contributed by atoms with Crippen molar-refractivity contribution in [2.75, 3.05) is 30.4 Å². The predicted octanol–water partition coefficient (Wildman–Crippen LogP) is 5.40. The van der Waals surface area contributed by atoms with E-state index in [2.05, 4.69) is 10.1 Å². The van der Waals surface area contributed by atoms with E-state index in [-0.39, 0.29) is 11.3 Å². The zero-order valence-corrected chi connectivity index (χ0v) is 23.3. The zero-order chi connectivity index (χ0) is 29.4. The molecule has 3 amide bonds. The average molecular weight is 552 g/mol. The maximum absolute atomic E-state index is 15.2. The zero-order valence-electron chi connectivity index (χ0n) is 23.3. The van der Waals surface area contributed by atoms with Gasteiger partial charge in [-0.2, -0.15) is 0 Å². The van der Waals surface area contributed by atoms with E-state index in [1.165, 1.54) is 58.1 Å². The Hall–Kier alpha value is -4.41. The van der Waals surface area contributed by atoms with Gasteiger partial charge in [0.05, 0.1) is 12.1 Å². The summed E-state index contributed by atoms with van der Waals surface area (Å²) in [6, 6.07) is 8.96. The maximum Gasteiger partial charge on any atom is 0.328 e. The molecular formula is C29H31F2N5O4. The molecule has 0 N–H and O–H groups in total. The molecule has 40 heavy (non-hydrogen) atoms. The number of carbonyl (C=O) groups is 3. The number of rotatable bonds is 8. The van der Waals surface area contributed by atoms with Crippen LogP contribution in [-0.2, 0) is 10.3 Å². The molecule has 0 saturated heterocycles. The number of benzene rings is 2. The maximum atomic E-state index is 15.2. The second-order valence-electron chi connectivity index (χ2n) is 9.83. The number of ketones is 1. The van der Waals surface area contributed by atoms with Gasteiger partial charge in [0.15, 0.2) is 17.1 Å². The van der Waals surface area contributed by atoms with Crippen molar-refractivity contribution in [1.82, 2.24) is 10.1 Å². The number of amidine groups is 1. The molecule has 11 heteroatoms. The van der Waals surface area contributed by atoms with E-state index in [0.29, 0.717) is 41.4 Å². The second kappa shape index (κ2) is 11.0. The minimum absolute atomic E-state index is 0.223. The van der Waals surface area contributed by atoms with Gasteiger partial charge >= 0.3 is 6.03 Å². The van der Waals surface area contributed by atoms with E-state index in [1.54, 1.807) is 27.8 Å². The first-order chi connectivity index (χ1) is 18.9. The van der Waals surface area contributed by atoms with Crippen LogP contribution in [0, 0.1) is 25.5 Å². The number of nitrogens with zero attached hydrogens (tertiary/aromatic N) is 5. The molecule has 1 aromatic heterocycles. The first-order valence-electron chi connectivity index (χ1n) is 12.8. The van der Waals surface area contributed by atoms with Gasteiger partial charge in [0.2, 0.25) is 0 Å². The Bertz CT molecular complexity index is 1480. The highest BCUT2D eigenvalue weighted by Crippen LogP contribution is 2.38. The highest BCUT2D eigenvalue weighted by atomic mass is 19.1. The molecule has 0 aliphatic carbocycles. The summed E-state index contributed by atoms with van der Waals surface area (Å²) >= 11 is 0. The van der Waals surface area contributed by atoms with Crippen molar-refractivity contribution in [3.8, 4) is 0 Å². The molecule has 2 aromatic carbocycles. The van der Waals surface area contributed by atoms with Gasteiger partial charge in [-0.3, -0.25) is 29.3 Å². The SMILES string of the molecule is CCCC1(c2ccc(F)cc2)N=C(C)N(CC(=O)c2ccc(N(C)C(=O)N(C)c3c(C)noc3C)cc2F)C1=O. The van der Waals surface area contributed by atoms with Crippen LogP contribution < -0.4 is 9.80 Å². The molecule has 0 spiro atoms. The molecule has 1 aliphatic rings. The van der Waals surface area contributed by atoms with Crippen LogP contribution >= 0.6 is 0 Å². The molecule has 0 fully saturated rings. The van der Waals surface area contributed by atoms with Gasteiger partial charge in [-0.05, 0) is 63.1 Å². The summed E-state index contributed by atoms with van der Waals surface area (Å²) in [6.45, 7) is 6.49. The Kier molecular flexibility index (Phi) is 7.86. The lowest BCUT2D eigenvalue weighted by atomic mass is 9.85. The van der Waals surface area contributed by atoms with Crippen LogP contribution in [0.1, 0.15) is 54.1 Å². The van der Waals surface area contributed by atoms with E-state index in [0.717, 1.165) is 6.07 Å². The monoisotopic (exact) mass is 551 g/mol.